The molecule has 0 aromatic heterocycles. The fourth-order valence-corrected chi connectivity index (χ4v) is 3.33. The molecule has 0 bridgehead atoms. The van der Waals surface area contributed by atoms with Crippen LogP contribution in [-0.2, 0) is 0 Å². The first-order valence-electron chi connectivity index (χ1n) is 6.21. The zero-order valence-corrected chi connectivity index (χ0v) is 10.1. The number of allylic oxidation sites excluding steroid dienone is 8. The Hall–Kier alpha value is -1.24. The largest absolute Gasteiger partial charge is 0.402 e. The monoisotopic (exact) mass is 213 g/mol. The molecule has 0 spiro atoms. The van der Waals surface area contributed by atoms with E-state index in [1.54, 1.807) is 11.1 Å². The van der Waals surface area contributed by atoms with Gasteiger partial charge in [0.15, 0.2) is 0 Å². The predicted octanol–water partition coefficient (Wildman–Crippen LogP) is 3.61. The maximum atomic E-state index is 5.99. The third-order valence-corrected chi connectivity index (χ3v) is 4.20. The Kier molecular flexibility index (Phi) is 1.95. The molecule has 0 amide bonds. The average molecular weight is 213 g/mol. The molecule has 0 aliphatic heterocycles. The molecule has 0 aromatic rings. The quantitative estimate of drug-likeness (QED) is 0.653. The van der Waals surface area contributed by atoms with Crippen LogP contribution in [0.2, 0.25) is 0 Å². The molecular weight excluding hydrogens is 194 g/mol. The minimum absolute atomic E-state index is 0.173. The van der Waals surface area contributed by atoms with Gasteiger partial charge in [-0.05, 0) is 54.1 Å². The Balaban J connectivity index is 2.17. The van der Waals surface area contributed by atoms with Crippen LogP contribution in [0, 0.1) is 5.41 Å². The van der Waals surface area contributed by atoms with Gasteiger partial charge in [0.2, 0.25) is 0 Å². The molecule has 0 radical (unpaired) electrons. The lowest BCUT2D eigenvalue weighted by Gasteiger charge is -2.26. The normalized spacial score (nSPS) is 26.8. The van der Waals surface area contributed by atoms with Crippen molar-refractivity contribution in [1.82, 2.24) is 0 Å². The predicted molar refractivity (Wildman–Crippen MR) is 67.7 cm³/mol. The Morgan fingerprint density at radius 1 is 1.06 bits per heavy atom. The van der Waals surface area contributed by atoms with E-state index >= 15 is 0 Å². The summed E-state index contributed by atoms with van der Waals surface area (Å²) in [6.45, 7) is 4.66. The van der Waals surface area contributed by atoms with Crippen molar-refractivity contribution >= 4 is 0 Å². The van der Waals surface area contributed by atoms with Crippen LogP contribution in [0.3, 0.4) is 0 Å². The van der Waals surface area contributed by atoms with Crippen LogP contribution in [0.25, 0.3) is 0 Å². The van der Waals surface area contributed by atoms with E-state index in [0.29, 0.717) is 0 Å². The van der Waals surface area contributed by atoms with Crippen molar-refractivity contribution in [2.45, 2.75) is 39.5 Å². The lowest BCUT2D eigenvalue weighted by Crippen LogP contribution is -2.16. The lowest BCUT2D eigenvalue weighted by molar-refractivity contribution is 0.567. The van der Waals surface area contributed by atoms with Gasteiger partial charge < -0.3 is 5.73 Å². The van der Waals surface area contributed by atoms with Gasteiger partial charge in [0.25, 0.3) is 0 Å². The van der Waals surface area contributed by atoms with Crippen LogP contribution >= 0.6 is 0 Å². The van der Waals surface area contributed by atoms with Gasteiger partial charge in [-0.3, -0.25) is 0 Å². The highest BCUT2D eigenvalue weighted by Crippen LogP contribution is 2.53. The Morgan fingerprint density at radius 3 is 2.62 bits per heavy atom. The summed E-state index contributed by atoms with van der Waals surface area (Å²) in [5.41, 5.74) is 13.4. The Bertz CT molecular complexity index is 470. The molecule has 0 saturated heterocycles. The zero-order chi connectivity index (χ0) is 11.3. The molecular formula is C15H19N. The van der Waals surface area contributed by atoms with Crippen molar-refractivity contribution in [3.63, 3.8) is 0 Å². The number of nitrogens with two attached hydrogens (primary N) is 1. The lowest BCUT2D eigenvalue weighted by atomic mass is 9.78. The first-order valence-corrected chi connectivity index (χ1v) is 6.21. The highest BCUT2D eigenvalue weighted by molar-refractivity contribution is 5.62. The summed E-state index contributed by atoms with van der Waals surface area (Å²) in [4.78, 5) is 0. The summed E-state index contributed by atoms with van der Waals surface area (Å²) in [5, 5.41) is 0. The van der Waals surface area contributed by atoms with Gasteiger partial charge in [-0.15, -0.1) is 0 Å². The SMILES string of the molecule is CC1(C)C2=C(CCC=C2)C2=C1C=C(N)CC2. The van der Waals surface area contributed by atoms with Gasteiger partial charge in [0.1, 0.15) is 0 Å². The van der Waals surface area contributed by atoms with Gasteiger partial charge in [-0.1, -0.05) is 26.0 Å². The smallest absolute Gasteiger partial charge is 0.0152 e. The highest BCUT2D eigenvalue weighted by Gasteiger charge is 2.38. The van der Waals surface area contributed by atoms with Gasteiger partial charge in [-0.2, -0.15) is 0 Å². The molecule has 2 N–H and O–H groups in total. The second-order valence-electron chi connectivity index (χ2n) is 5.57. The molecule has 0 unspecified atom stereocenters. The number of rotatable bonds is 0. The summed E-state index contributed by atoms with van der Waals surface area (Å²) in [5.74, 6) is 0. The minimum Gasteiger partial charge on any atom is -0.402 e. The molecule has 0 saturated carbocycles. The van der Waals surface area contributed by atoms with E-state index in [4.69, 9.17) is 5.73 Å². The number of hydrogen-bond donors (Lipinski definition) is 1. The molecule has 3 aliphatic carbocycles. The van der Waals surface area contributed by atoms with Gasteiger partial charge in [-0.25, -0.2) is 0 Å². The van der Waals surface area contributed by atoms with Crippen molar-refractivity contribution in [1.29, 1.82) is 0 Å². The minimum atomic E-state index is 0.173. The number of fused-ring (bicyclic) bond motifs is 1. The van der Waals surface area contributed by atoms with Crippen LogP contribution in [0.4, 0.5) is 0 Å². The summed E-state index contributed by atoms with van der Waals surface area (Å²) >= 11 is 0. The van der Waals surface area contributed by atoms with Crippen LogP contribution in [0.1, 0.15) is 39.5 Å². The summed E-state index contributed by atoms with van der Waals surface area (Å²) < 4.78 is 0. The molecule has 84 valence electrons. The number of hydrogen-bond acceptors (Lipinski definition) is 1. The van der Waals surface area contributed by atoms with E-state index in [0.717, 1.165) is 18.5 Å². The van der Waals surface area contributed by atoms with E-state index < -0.39 is 0 Å². The van der Waals surface area contributed by atoms with Crippen LogP contribution in [0.15, 0.2) is 46.2 Å². The molecule has 0 fully saturated rings. The maximum Gasteiger partial charge on any atom is 0.0152 e. The van der Waals surface area contributed by atoms with Crippen molar-refractivity contribution in [3.8, 4) is 0 Å². The molecule has 1 heteroatoms. The molecule has 16 heavy (non-hydrogen) atoms. The van der Waals surface area contributed by atoms with Crippen LogP contribution < -0.4 is 5.73 Å². The first-order chi connectivity index (χ1) is 7.60. The van der Waals surface area contributed by atoms with Gasteiger partial charge in [0.05, 0.1) is 0 Å². The third-order valence-electron chi connectivity index (χ3n) is 4.20. The van der Waals surface area contributed by atoms with E-state index in [2.05, 4.69) is 32.1 Å². The van der Waals surface area contributed by atoms with Gasteiger partial charge in [0, 0.05) is 11.1 Å². The van der Waals surface area contributed by atoms with Gasteiger partial charge >= 0.3 is 0 Å². The molecule has 0 atom stereocenters. The standard InChI is InChI=1S/C15H19N/c1-15(2)13-6-4-3-5-11(13)12-8-7-10(16)9-14(12)15/h4,6,9H,3,5,7-8,16H2,1-2H3. The van der Waals surface area contributed by atoms with Crippen molar-refractivity contribution in [2.24, 2.45) is 11.1 Å². The Morgan fingerprint density at radius 2 is 1.81 bits per heavy atom. The molecule has 0 heterocycles. The third kappa shape index (κ3) is 1.17. The van der Waals surface area contributed by atoms with E-state index in [9.17, 15) is 0 Å². The second kappa shape index (κ2) is 3.13. The molecule has 0 aromatic carbocycles. The van der Waals surface area contributed by atoms with E-state index in [1.165, 1.54) is 24.0 Å². The summed E-state index contributed by atoms with van der Waals surface area (Å²) in [7, 11) is 0. The van der Waals surface area contributed by atoms with Crippen LogP contribution in [-0.4, -0.2) is 0 Å². The first kappa shape index (κ1) is 9.95. The van der Waals surface area contributed by atoms with E-state index in [1.807, 2.05) is 0 Å². The zero-order valence-electron chi connectivity index (χ0n) is 10.1. The molecule has 1 nitrogen and oxygen atoms in total. The summed E-state index contributed by atoms with van der Waals surface area (Å²) in [6, 6.07) is 0. The van der Waals surface area contributed by atoms with Crippen LogP contribution in [0.5, 0.6) is 0 Å². The van der Waals surface area contributed by atoms with Crippen molar-refractivity contribution in [2.75, 3.05) is 0 Å². The average Bonchev–Trinajstić information content (AvgIpc) is 2.49. The molecule has 3 rings (SSSR count). The van der Waals surface area contributed by atoms with Crippen molar-refractivity contribution < 1.29 is 0 Å². The Labute approximate surface area is 97.4 Å². The fourth-order valence-electron chi connectivity index (χ4n) is 3.33. The fraction of sp³-hybridized carbons (Fsp3) is 0.467. The topological polar surface area (TPSA) is 26.0 Å². The second-order valence-corrected chi connectivity index (χ2v) is 5.57. The summed E-state index contributed by atoms with van der Waals surface area (Å²) in [6.07, 6.45) is 11.5. The molecule has 3 aliphatic rings. The van der Waals surface area contributed by atoms with Crippen molar-refractivity contribution in [3.05, 3.63) is 46.2 Å². The maximum absolute atomic E-state index is 5.99. The highest BCUT2D eigenvalue weighted by atomic mass is 14.6. The van der Waals surface area contributed by atoms with E-state index in [-0.39, 0.29) is 5.41 Å².